The van der Waals surface area contributed by atoms with Crippen LogP contribution in [-0.4, -0.2) is 27.7 Å². The summed E-state index contributed by atoms with van der Waals surface area (Å²) in [7, 11) is -1.66. The molecule has 0 fully saturated rings. The number of hydrogen-bond acceptors (Lipinski definition) is 4. The summed E-state index contributed by atoms with van der Waals surface area (Å²) in [4.78, 5) is 4.39. The SMILES string of the molecule is CN=C(NCc1ccc(S(C)(=O)=O)c(C)c1)NCc1cc(C#N)ccc1F. The first-order valence-corrected chi connectivity index (χ1v) is 10.1. The van der Waals surface area contributed by atoms with E-state index in [-0.39, 0.29) is 6.54 Å². The van der Waals surface area contributed by atoms with E-state index in [2.05, 4.69) is 15.6 Å². The van der Waals surface area contributed by atoms with E-state index in [0.29, 0.717) is 34.1 Å². The number of rotatable bonds is 5. The summed E-state index contributed by atoms with van der Waals surface area (Å²) in [5.41, 5.74) is 2.32. The molecule has 0 heterocycles. The van der Waals surface area contributed by atoms with Crippen molar-refractivity contribution in [3.8, 4) is 6.07 Å². The molecule has 2 aromatic carbocycles. The molecule has 142 valence electrons. The summed E-state index contributed by atoms with van der Waals surface area (Å²) >= 11 is 0. The average molecular weight is 388 g/mol. The van der Waals surface area contributed by atoms with Crippen LogP contribution < -0.4 is 10.6 Å². The third-order valence-electron chi connectivity index (χ3n) is 3.94. The maximum atomic E-state index is 13.8. The van der Waals surface area contributed by atoms with Crippen molar-refractivity contribution in [3.63, 3.8) is 0 Å². The molecule has 0 saturated carbocycles. The summed E-state index contributed by atoms with van der Waals surface area (Å²) < 4.78 is 37.2. The van der Waals surface area contributed by atoms with Crippen molar-refractivity contribution >= 4 is 15.8 Å². The first kappa shape index (κ1) is 20.4. The molecular formula is C19H21FN4O2S. The summed E-state index contributed by atoms with van der Waals surface area (Å²) in [5, 5.41) is 15.0. The zero-order chi connectivity index (χ0) is 20.0. The highest BCUT2D eigenvalue weighted by Crippen LogP contribution is 2.16. The van der Waals surface area contributed by atoms with Gasteiger partial charge in [0.1, 0.15) is 5.82 Å². The molecule has 8 heteroatoms. The lowest BCUT2D eigenvalue weighted by molar-refractivity contribution is 0.601. The van der Waals surface area contributed by atoms with Crippen LogP contribution in [0.4, 0.5) is 4.39 Å². The molecule has 2 rings (SSSR count). The molecule has 0 radical (unpaired) electrons. The van der Waals surface area contributed by atoms with E-state index < -0.39 is 15.7 Å². The van der Waals surface area contributed by atoms with E-state index >= 15 is 0 Å². The van der Waals surface area contributed by atoms with Crippen LogP contribution >= 0.6 is 0 Å². The number of guanidine groups is 1. The molecule has 0 unspecified atom stereocenters. The van der Waals surface area contributed by atoms with Gasteiger partial charge in [-0.05, 0) is 42.3 Å². The predicted octanol–water partition coefficient (Wildman–Crippen LogP) is 2.27. The minimum Gasteiger partial charge on any atom is -0.352 e. The summed E-state index contributed by atoms with van der Waals surface area (Å²) in [5.74, 6) is 0.0607. The maximum Gasteiger partial charge on any atom is 0.191 e. The lowest BCUT2D eigenvalue weighted by Crippen LogP contribution is -2.36. The molecule has 27 heavy (non-hydrogen) atoms. The second kappa shape index (κ2) is 8.64. The fourth-order valence-electron chi connectivity index (χ4n) is 2.60. The van der Waals surface area contributed by atoms with Gasteiger partial charge in [-0.2, -0.15) is 5.26 Å². The number of benzene rings is 2. The Labute approximate surface area is 158 Å². The normalized spacial score (nSPS) is 11.7. The molecule has 2 N–H and O–H groups in total. The van der Waals surface area contributed by atoms with Crippen molar-refractivity contribution in [1.82, 2.24) is 10.6 Å². The average Bonchev–Trinajstić information content (AvgIpc) is 2.62. The Morgan fingerprint density at radius 3 is 2.48 bits per heavy atom. The molecule has 0 amide bonds. The molecular weight excluding hydrogens is 367 g/mol. The van der Waals surface area contributed by atoms with Gasteiger partial charge in [-0.25, -0.2) is 12.8 Å². The summed E-state index contributed by atoms with van der Waals surface area (Å²) in [6.07, 6.45) is 1.18. The molecule has 0 saturated heterocycles. The summed E-state index contributed by atoms with van der Waals surface area (Å²) in [6, 6.07) is 11.3. The monoisotopic (exact) mass is 388 g/mol. The van der Waals surface area contributed by atoms with Crippen LogP contribution in [0.3, 0.4) is 0 Å². The van der Waals surface area contributed by atoms with Crippen LogP contribution in [-0.2, 0) is 22.9 Å². The molecule has 0 aromatic heterocycles. The van der Waals surface area contributed by atoms with Gasteiger partial charge in [0.2, 0.25) is 0 Å². The highest BCUT2D eigenvalue weighted by molar-refractivity contribution is 7.90. The Bertz CT molecular complexity index is 1010. The fraction of sp³-hybridized carbons (Fsp3) is 0.263. The Morgan fingerprint density at radius 2 is 1.89 bits per heavy atom. The van der Waals surface area contributed by atoms with Crippen molar-refractivity contribution < 1.29 is 12.8 Å². The molecule has 0 bridgehead atoms. The molecule has 0 aliphatic rings. The van der Waals surface area contributed by atoms with Crippen molar-refractivity contribution in [2.24, 2.45) is 4.99 Å². The molecule has 0 atom stereocenters. The standard InChI is InChI=1S/C19H21FN4O2S/c1-13-8-15(5-7-18(13)27(3,25)26)11-23-19(22-2)24-12-16-9-14(10-21)4-6-17(16)20/h4-9H,11-12H2,1-3H3,(H2,22,23,24). The predicted molar refractivity (Wildman–Crippen MR) is 102 cm³/mol. The lowest BCUT2D eigenvalue weighted by atomic mass is 10.1. The minimum atomic E-state index is -3.25. The van der Waals surface area contributed by atoms with Crippen molar-refractivity contribution in [3.05, 3.63) is 64.5 Å². The van der Waals surface area contributed by atoms with E-state index in [1.165, 1.54) is 24.5 Å². The van der Waals surface area contributed by atoms with Gasteiger partial charge in [0.15, 0.2) is 15.8 Å². The van der Waals surface area contributed by atoms with Crippen molar-refractivity contribution in [2.75, 3.05) is 13.3 Å². The fourth-order valence-corrected chi connectivity index (χ4v) is 3.56. The number of halogens is 1. The number of nitrogens with zero attached hydrogens (tertiary/aromatic N) is 2. The second-order valence-corrected chi connectivity index (χ2v) is 8.05. The number of hydrogen-bond donors (Lipinski definition) is 2. The lowest BCUT2D eigenvalue weighted by Gasteiger charge is -2.13. The summed E-state index contributed by atoms with van der Waals surface area (Å²) in [6.45, 7) is 2.34. The minimum absolute atomic E-state index is 0.174. The molecule has 6 nitrogen and oxygen atoms in total. The molecule has 0 spiro atoms. The molecule has 0 aliphatic heterocycles. The van der Waals surface area contributed by atoms with Crippen LogP contribution in [0.1, 0.15) is 22.3 Å². The third kappa shape index (κ3) is 5.53. The number of sulfone groups is 1. The van der Waals surface area contributed by atoms with Gasteiger partial charge in [-0.15, -0.1) is 0 Å². The van der Waals surface area contributed by atoms with Crippen LogP contribution in [0, 0.1) is 24.1 Å². The van der Waals surface area contributed by atoms with Crippen LogP contribution in [0.15, 0.2) is 46.3 Å². The quantitative estimate of drug-likeness (QED) is 0.605. The third-order valence-corrected chi connectivity index (χ3v) is 5.20. The van der Waals surface area contributed by atoms with Crippen molar-refractivity contribution in [2.45, 2.75) is 24.9 Å². The van der Waals surface area contributed by atoms with Gasteiger partial charge in [-0.3, -0.25) is 4.99 Å². The Hall–Kier alpha value is -2.92. The van der Waals surface area contributed by atoms with Gasteiger partial charge in [0.05, 0.1) is 16.5 Å². The van der Waals surface area contributed by atoms with Crippen molar-refractivity contribution in [1.29, 1.82) is 5.26 Å². The van der Waals surface area contributed by atoms with Gasteiger partial charge in [0.25, 0.3) is 0 Å². The highest BCUT2D eigenvalue weighted by Gasteiger charge is 2.11. The van der Waals surface area contributed by atoms with Gasteiger partial charge >= 0.3 is 0 Å². The van der Waals surface area contributed by atoms with E-state index in [4.69, 9.17) is 5.26 Å². The van der Waals surface area contributed by atoms with E-state index in [9.17, 15) is 12.8 Å². The first-order chi connectivity index (χ1) is 12.7. The highest BCUT2D eigenvalue weighted by atomic mass is 32.2. The molecule has 0 aliphatic carbocycles. The van der Waals surface area contributed by atoms with E-state index in [1.54, 1.807) is 32.2 Å². The second-order valence-electron chi connectivity index (χ2n) is 6.07. The van der Waals surface area contributed by atoms with Crippen LogP contribution in [0.2, 0.25) is 0 Å². The first-order valence-electron chi connectivity index (χ1n) is 8.17. The topological polar surface area (TPSA) is 94.3 Å². The zero-order valence-electron chi connectivity index (χ0n) is 15.4. The Morgan fingerprint density at radius 1 is 1.19 bits per heavy atom. The Balaban J connectivity index is 2.01. The van der Waals surface area contributed by atoms with Gasteiger partial charge in [-0.1, -0.05) is 12.1 Å². The number of nitriles is 1. The van der Waals surface area contributed by atoms with Crippen LogP contribution in [0.5, 0.6) is 0 Å². The largest absolute Gasteiger partial charge is 0.352 e. The molecule has 2 aromatic rings. The maximum absolute atomic E-state index is 13.8. The zero-order valence-corrected chi connectivity index (χ0v) is 16.2. The smallest absolute Gasteiger partial charge is 0.191 e. The number of nitrogens with one attached hydrogen (secondary N) is 2. The Kier molecular flexibility index (Phi) is 6.53. The van der Waals surface area contributed by atoms with Crippen LogP contribution in [0.25, 0.3) is 0 Å². The van der Waals surface area contributed by atoms with Gasteiger partial charge < -0.3 is 10.6 Å². The van der Waals surface area contributed by atoms with E-state index in [1.807, 2.05) is 6.07 Å². The number of aliphatic imine (C=N–C) groups is 1. The van der Waals surface area contributed by atoms with E-state index in [0.717, 1.165) is 5.56 Å². The van der Waals surface area contributed by atoms with Gasteiger partial charge in [0, 0.05) is 32.0 Å². The number of aryl methyl sites for hydroxylation is 1.